The average molecular weight is 448 g/mol. The fraction of sp³-hybridized carbons (Fsp3) is 0.125. The van der Waals surface area contributed by atoms with Crippen molar-refractivity contribution in [3.63, 3.8) is 0 Å². The third-order valence-corrected chi connectivity index (χ3v) is 5.83. The molecular weight excluding hydrogens is 426 g/mol. The van der Waals surface area contributed by atoms with Gasteiger partial charge < -0.3 is 19.8 Å². The Balaban J connectivity index is 1.41. The summed E-state index contributed by atoms with van der Waals surface area (Å²) >= 11 is 1.50. The average Bonchev–Trinajstić information content (AvgIpc) is 2.83. The van der Waals surface area contributed by atoms with Crippen LogP contribution in [0.4, 0.5) is 5.69 Å². The van der Waals surface area contributed by atoms with Crippen molar-refractivity contribution in [3.05, 3.63) is 88.3 Å². The minimum absolute atomic E-state index is 0.185. The van der Waals surface area contributed by atoms with E-state index >= 15 is 0 Å². The van der Waals surface area contributed by atoms with Crippen molar-refractivity contribution in [2.24, 2.45) is 0 Å². The van der Waals surface area contributed by atoms with Gasteiger partial charge in [-0.05, 0) is 54.6 Å². The Hall–Kier alpha value is -3.78. The number of H-pyrrole nitrogens is 1. The molecule has 0 saturated carbocycles. The van der Waals surface area contributed by atoms with Crippen LogP contribution in [0.3, 0.4) is 0 Å². The number of nitrogens with zero attached hydrogens (tertiary/aromatic N) is 1. The highest BCUT2D eigenvalue weighted by Gasteiger charge is 2.11. The number of para-hydroxylation sites is 2. The van der Waals surface area contributed by atoms with Gasteiger partial charge >= 0.3 is 0 Å². The molecule has 0 fully saturated rings. The Morgan fingerprint density at radius 3 is 2.50 bits per heavy atom. The summed E-state index contributed by atoms with van der Waals surface area (Å²) in [5.74, 6) is 1.24. The molecule has 0 radical (unpaired) electrons. The summed E-state index contributed by atoms with van der Waals surface area (Å²) < 4.78 is 10.5. The van der Waals surface area contributed by atoms with Crippen LogP contribution in [-0.4, -0.2) is 30.1 Å². The number of anilines is 1. The van der Waals surface area contributed by atoms with Crippen molar-refractivity contribution in [2.45, 2.75) is 10.6 Å². The zero-order chi connectivity index (χ0) is 22.5. The standard InChI is InChI=1S/C24H21N3O4S/c1-30-21-12-7-15(13-22(21)31-2)23(28)25-16-8-10-17(11-9-16)32-14-20-24(29)27-19-6-4-3-5-18(19)26-20/h3-13H,14H2,1-2H3,(H,25,28)(H,27,29). The molecule has 8 heteroatoms. The van der Waals surface area contributed by atoms with Gasteiger partial charge in [0, 0.05) is 21.9 Å². The Labute approximate surface area is 188 Å². The quantitative estimate of drug-likeness (QED) is 0.406. The lowest BCUT2D eigenvalue weighted by atomic mass is 10.2. The van der Waals surface area contributed by atoms with Gasteiger partial charge in [0.15, 0.2) is 11.5 Å². The van der Waals surface area contributed by atoms with Crippen LogP contribution in [0.15, 0.2) is 76.4 Å². The van der Waals surface area contributed by atoms with E-state index in [4.69, 9.17) is 9.47 Å². The van der Waals surface area contributed by atoms with Crippen LogP contribution in [0.1, 0.15) is 16.1 Å². The molecule has 32 heavy (non-hydrogen) atoms. The molecule has 3 aromatic carbocycles. The Kier molecular flexibility index (Phi) is 6.42. The maximum absolute atomic E-state index is 12.6. The molecule has 0 saturated heterocycles. The predicted molar refractivity (Wildman–Crippen MR) is 126 cm³/mol. The Bertz CT molecular complexity index is 1320. The van der Waals surface area contributed by atoms with Gasteiger partial charge in [-0.15, -0.1) is 11.8 Å². The first-order chi connectivity index (χ1) is 15.6. The molecule has 0 aliphatic carbocycles. The number of hydrogen-bond donors (Lipinski definition) is 2. The molecule has 1 amide bonds. The highest BCUT2D eigenvalue weighted by molar-refractivity contribution is 7.98. The Morgan fingerprint density at radius 2 is 1.75 bits per heavy atom. The van der Waals surface area contributed by atoms with E-state index in [9.17, 15) is 9.59 Å². The van der Waals surface area contributed by atoms with E-state index in [2.05, 4.69) is 15.3 Å². The van der Waals surface area contributed by atoms with Crippen molar-refractivity contribution >= 4 is 34.4 Å². The normalized spacial score (nSPS) is 10.7. The first-order valence-electron chi connectivity index (χ1n) is 9.81. The fourth-order valence-corrected chi connectivity index (χ4v) is 3.96. The van der Waals surface area contributed by atoms with Crippen LogP contribution in [0, 0.1) is 0 Å². The van der Waals surface area contributed by atoms with Crippen LogP contribution < -0.4 is 20.3 Å². The number of thioether (sulfide) groups is 1. The molecule has 1 aromatic heterocycles. The number of hydrogen-bond acceptors (Lipinski definition) is 6. The molecule has 7 nitrogen and oxygen atoms in total. The van der Waals surface area contributed by atoms with Crippen LogP contribution in [0.2, 0.25) is 0 Å². The van der Waals surface area contributed by atoms with Gasteiger partial charge in [-0.3, -0.25) is 9.59 Å². The number of carbonyl (C=O) groups is 1. The van der Waals surface area contributed by atoms with Gasteiger partial charge in [0.25, 0.3) is 11.5 Å². The van der Waals surface area contributed by atoms with Crippen molar-refractivity contribution in [1.82, 2.24) is 9.97 Å². The highest BCUT2D eigenvalue weighted by atomic mass is 32.2. The number of aromatic amines is 1. The molecule has 0 atom stereocenters. The topological polar surface area (TPSA) is 93.3 Å². The summed E-state index contributed by atoms with van der Waals surface area (Å²) in [6, 6.07) is 19.9. The van der Waals surface area contributed by atoms with E-state index in [1.54, 1.807) is 25.3 Å². The monoisotopic (exact) mass is 447 g/mol. The third-order valence-electron chi connectivity index (χ3n) is 4.80. The number of carbonyl (C=O) groups excluding carboxylic acids is 1. The summed E-state index contributed by atoms with van der Waals surface area (Å²) in [7, 11) is 3.07. The SMILES string of the molecule is COc1ccc(C(=O)Nc2ccc(SCc3nc4ccccc4[nH]c3=O)cc2)cc1OC. The van der Waals surface area contributed by atoms with Crippen LogP contribution in [0.5, 0.6) is 11.5 Å². The number of aromatic nitrogens is 2. The van der Waals surface area contributed by atoms with Crippen LogP contribution >= 0.6 is 11.8 Å². The smallest absolute Gasteiger partial charge is 0.271 e. The molecule has 162 valence electrons. The van der Waals surface area contributed by atoms with E-state index in [0.29, 0.717) is 34.2 Å². The molecule has 0 bridgehead atoms. The van der Waals surface area contributed by atoms with Gasteiger partial charge in [0.05, 0.1) is 25.3 Å². The summed E-state index contributed by atoms with van der Waals surface area (Å²) in [6.07, 6.45) is 0. The third kappa shape index (κ3) is 4.76. The van der Waals surface area contributed by atoms with Crippen LogP contribution in [0.25, 0.3) is 11.0 Å². The number of rotatable bonds is 7. The number of ether oxygens (including phenoxy) is 2. The maximum atomic E-state index is 12.6. The van der Waals surface area contributed by atoms with Crippen molar-refractivity contribution in [3.8, 4) is 11.5 Å². The van der Waals surface area contributed by atoms with Crippen molar-refractivity contribution in [1.29, 1.82) is 0 Å². The van der Waals surface area contributed by atoms with Crippen molar-refractivity contribution in [2.75, 3.05) is 19.5 Å². The summed E-state index contributed by atoms with van der Waals surface area (Å²) in [5, 5.41) is 2.87. The van der Waals surface area contributed by atoms with E-state index in [0.717, 1.165) is 15.9 Å². The van der Waals surface area contributed by atoms with Gasteiger partial charge in [0.2, 0.25) is 0 Å². The molecule has 0 unspecified atom stereocenters. The summed E-state index contributed by atoms with van der Waals surface area (Å²) in [6.45, 7) is 0. The molecule has 0 aliphatic heterocycles. The number of fused-ring (bicyclic) bond motifs is 1. The molecular formula is C24H21N3O4S. The van der Waals surface area contributed by atoms with E-state index in [-0.39, 0.29) is 11.5 Å². The van der Waals surface area contributed by atoms with Gasteiger partial charge in [0.1, 0.15) is 5.69 Å². The Morgan fingerprint density at radius 1 is 1.00 bits per heavy atom. The zero-order valence-corrected chi connectivity index (χ0v) is 18.4. The molecule has 0 spiro atoms. The zero-order valence-electron chi connectivity index (χ0n) is 17.5. The van der Waals surface area contributed by atoms with E-state index in [1.807, 2.05) is 48.5 Å². The minimum Gasteiger partial charge on any atom is -0.493 e. The molecule has 4 rings (SSSR count). The molecule has 0 aliphatic rings. The molecule has 4 aromatic rings. The molecule has 2 N–H and O–H groups in total. The first-order valence-corrected chi connectivity index (χ1v) is 10.8. The number of methoxy groups -OCH3 is 2. The second kappa shape index (κ2) is 9.57. The lowest BCUT2D eigenvalue weighted by molar-refractivity contribution is 0.102. The second-order valence-corrected chi connectivity index (χ2v) is 7.92. The first kappa shape index (κ1) is 21.5. The summed E-state index contributed by atoms with van der Waals surface area (Å²) in [4.78, 5) is 33.1. The number of benzene rings is 3. The van der Waals surface area contributed by atoms with Crippen molar-refractivity contribution < 1.29 is 14.3 Å². The van der Waals surface area contributed by atoms with Crippen LogP contribution in [-0.2, 0) is 5.75 Å². The highest BCUT2D eigenvalue weighted by Crippen LogP contribution is 2.28. The van der Waals surface area contributed by atoms with E-state index < -0.39 is 0 Å². The minimum atomic E-state index is -0.252. The number of nitrogens with one attached hydrogen (secondary N) is 2. The fourth-order valence-electron chi connectivity index (χ4n) is 3.13. The molecule has 1 heterocycles. The maximum Gasteiger partial charge on any atom is 0.271 e. The van der Waals surface area contributed by atoms with Gasteiger partial charge in [-0.25, -0.2) is 4.98 Å². The largest absolute Gasteiger partial charge is 0.493 e. The lowest BCUT2D eigenvalue weighted by Crippen LogP contribution is -2.14. The second-order valence-electron chi connectivity index (χ2n) is 6.87. The van der Waals surface area contributed by atoms with E-state index in [1.165, 1.54) is 18.9 Å². The van der Waals surface area contributed by atoms with Gasteiger partial charge in [-0.2, -0.15) is 0 Å². The summed E-state index contributed by atoms with van der Waals surface area (Å²) in [5.41, 5.74) is 2.89. The lowest BCUT2D eigenvalue weighted by Gasteiger charge is -2.10. The number of amides is 1. The predicted octanol–water partition coefficient (Wildman–Crippen LogP) is 4.48. The van der Waals surface area contributed by atoms with Gasteiger partial charge in [-0.1, -0.05) is 12.1 Å².